The topological polar surface area (TPSA) is 52.7 Å². The van der Waals surface area contributed by atoms with Crippen molar-refractivity contribution in [1.29, 1.82) is 0 Å². The first kappa shape index (κ1) is 11.9. The number of likely N-dealkylation sites (N-methyl/N-ethyl adjacent to an activating group) is 1. The van der Waals surface area contributed by atoms with Crippen LogP contribution in [0.15, 0.2) is 0 Å². The number of likely N-dealkylation sites (tertiary alicyclic amines) is 1. The molecule has 0 amide bonds. The normalized spacial score (nSPS) is 20.6. The van der Waals surface area contributed by atoms with Gasteiger partial charge in [0.05, 0.1) is 6.10 Å². The van der Waals surface area contributed by atoms with Crippen molar-refractivity contribution in [1.82, 2.24) is 9.80 Å². The number of nitrogens with two attached hydrogens (primary N) is 1. The molecule has 1 heterocycles. The van der Waals surface area contributed by atoms with E-state index in [9.17, 15) is 5.11 Å². The van der Waals surface area contributed by atoms with E-state index in [0.29, 0.717) is 13.1 Å². The third-order valence-electron chi connectivity index (χ3n) is 2.79. The molecule has 0 radical (unpaired) electrons. The molecule has 1 atom stereocenters. The fourth-order valence-electron chi connectivity index (χ4n) is 1.84. The summed E-state index contributed by atoms with van der Waals surface area (Å²) >= 11 is 0. The summed E-state index contributed by atoms with van der Waals surface area (Å²) in [5, 5.41) is 9.34. The Morgan fingerprint density at radius 3 is 2.64 bits per heavy atom. The predicted octanol–water partition coefficient (Wildman–Crippen LogP) is -0.666. The Morgan fingerprint density at radius 2 is 2.07 bits per heavy atom. The third kappa shape index (κ3) is 4.37. The molecule has 0 aliphatic carbocycles. The molecule has 0 aromatic carbocycles. The molecular weight excluding hydrogens is 178 g/mol. The van der Waals surface area contributed by atoms with E-state index in [1.807, 2.05) is 7.05 Å². The fourth-order valence-corrected chi connectivity index (χ4v) is 1.84. The lowest BCUT2D eigenvalue weighted by Crippen LogP contribution is -2.38. The van der Waals surface area contributed by atoms with Gasteiger partial charge in [0.2, 0.25) is 0 Å². The highest BCUT2D eigenvalue weighted by molar-refractivity contribution is 4.68. The minimum Gasteiger partial charge on any atom is -0.390 e. The van der Waals surface area contributed by atoms with Crippen LogP contribution >= 0.6 is 0 Å². The zero-order chi connectivity index (χ0) is 10.4. The first-order chi connectivity index (χ1) is 6.72. The van der Waals surface area contributed by atoms with Crippen molar-refractivity contribution < 1.29 is 5.11 Å². The van der Waals surface area contributed by atoms with Crippen LogP contribution in [0.3, 0.4) is 0 Å². The summed E-state index contributed by atoms with van der Waals surface area (Å²) in [4.78, 5) is 4.63. The van der Waals surface area contributed by atoms with Gasteiger partial charge in [0.15, 0.2) is 0 Å². The van der Waals surface area contributed by atoms with Crippen molar-refractivity contribution in [3.8, 4) is 0 Å². The average Bonchev–Trinajstić information content (AvgIpc) is 2.67. The highest BCUT2D eigenvalue weighted by Gasteiger charge is 2.12. The summed E-state index contributed by atoms with van der Waals surface area (Å²) in [7, 11) is 2.04. The maximum atomic E-state index is 9.34. The van der Waals surface area contributed by atoms with Gasteiger partial charge in [-0.25, -0.2) is 0 Å². The third-order valence-corrected chi connectivity index (χ3v) is 2.79. The second kappa shape index (κ2) is 6.35. The molecule has 4 nitrogen and oxygen atoms in total. The molecule has 1 fully saturated rings. The Morgan fingerprint density at radius 1 is 1.43 bits per heavy atom. The number of nitrogens with zero attached hydrogens (tertiary/aromatic N) is 2. The quantitative estimate of drug-likeness (QED) is 0.599. The summed E-state index contributed by atoms with van der Waals surface area (Å²) in [5.41, 5.74) is 5.35. The molecule has 0 spiro atoms. The first-order valence-corrected chi connectivity index (χ1v) is 5.51. The van der Waals surface area contributed by atoms with Gasteiger partial charge in [0.1, 0.15) is 0 Å². The van der Waals surface area contributed by atoms with Crippen molar-refractivity contribution >= 4 is 0 Å². The van der Waals surface area contributed by atoms with Gasteiger partial charge in [0.25, 0.3) is 0 Å². The standard InChI is InChI=1S/C10H23N3O/c1-12(9-10(14)8-11)6-7-13-4-2-3-5-13/h10,14H,2-9,11H2,1H3. The Kier molecular flexibility index (Phi) is 5.40. The van der Waals surface area contributed by atoms with E-state index in [2.05, 4.69) is 9.80 Å². The zero-order valence-corrected chi connectivity index (χ0v) is 9.15. The lowest BCUT2D eigenvalue weighted by atomic mass is 10.3. The van der Waals surface area contributed by atoms with Crippen LogP contribution in [0.1, 0.15) is 12.8 Å². The summed E-state index contributed by atoms with van der Waals surface area (Å²) in [6, 6.07) is 0. The Bertz CT molecular complexity index is 148. The van der Waals surface area contributed by atoms with Gasteiger partial charge in [-0.2, -0.15) is 0 Å². The first-order valence-electron chi connectivity index (χ1n) is 5.51. The van der Waals surface area contributed by atoms with Crippen molar-refractivity contribution in [2.24, 2.45) is 5.73 Å². The molecule has 1 rings (SSSR count). The molecule has 1 unspecified atom stereocenters. The number of aliphatic hydroxyl groups is 1. The highest BCUT2D eigenvalue weighted by atomic mass is 16.3. The largest absolute Gasteiger partial charge is 0.390 e. The minimum absolute atomic E-state index is 0.355. The molecule has 14 heavy (non-hydrogen) atoms. The Balaban J connectivity index is 2.04. The molecule has 0 aromatic rings. The summed E-state index contributed by atoms with van der Waals surface area (Å²) in [5.74, 6) is 0. The number of rotatable bonds is 6. The number of hydrogen-bond donors (Lipinski definition) is 2. The van der Waals surface area contributed by atoms with Gasteiger partial charge < -0.3 is 20.6 Å². The van der Waals surface area contributed by atoms with Crippen LogP contribution in [0.2, 0.25) is 0 Å². The summed E-state index contributed by atoms with van der Waals surface area (Å²) in [6.07, 6.45) is 2.31. The zero-order valence-electron chi connectivity index (χ0n) is 9.15. The van der Waals surface area contributed by atoms with E-state index in [1.165, 1.54) is 25.9 Å². The van der Waals surface area contributed by atoms with Crippen LogP contribution in [0.25, 0.3) is 0 Å². The van der Waals surface area contributed by atoms with Crippen LogP contribution in [0.5, 0.6) is 0 Å². The number of aliphatic hydroxyl groups excluding tert-OH is 1. The van der Waals surface area contributed by atoms with Crippen LogP contribution in [0.4, 0.5) is 0 Å². The van der Waals surface area contributed by atoms with Gasteiger partial charge >= 0.3 is 0 Å². The van der Waals surface area contributed by atoms with Gasteiger partial charge in [-0.15, -0.1) is 0 Å². The smallest absolute Gasteiger partial charge is 0.0789 e. The maximum Gasteiger partial charge on any atom is 0.0789 e. The van der Waals surface area contributed by atoms with E-state index in [-0.39, 0.29) is 6.10 Å². The minimum atomic E-state index is -0.376. The Hall–Kier alpha value is -0.160. The van der Waals surface area contributed by atoms with Gasteiger partial charge in [-0.3, -0.25) is 0 Å². The van der Waals surface area contributed by atoms with E-state index >= 15 is 0 Å². The van der Waals surface area contributed by atoms with E-state index in [0.717, 1.165) is 13.1 Å². The fraction of sp³-hybridized carbons (Fsp3) is 1.00. The van der Waals surface area contributed by atoms with Gasteiger partial charge in [0, 0.05) is 26.2 Å². The highest BCUT2D eigenvalue weighted by Crippen LogP contribution is 2.06. The van der Waals surface area contributed by atoms with Gasteiger partial charge in [-0.05, 0) is 33.0 Å². The second-order valence-electron chi connectivity index (χ2n) is 4.20. The molecule has 84 valence electrons. The molecule has 4 heteroatoms. The monoisotopic (exact) mass is 201 g/mol. The molecule has 1 aliphatic rings. The second-order valence-corrected chi connectivity index (χ2v) is 4.20. The average molecular weight is 201 g/mol. The molecular formula is C10H23N3O. The van der Waals surface area contributed by atoms with E-state index in [1.54, 1.807) is 0 Å². The van der Waals surface area contributed by atoms with E-state index in [4.69, 9.17) is 5.73 Å². The van der Waals surface area contributed by atoms with Gasteiger partial charge in [-0.1, -0.05) is 0 Å². The summed E-state index contributed by atoms with van der Waals surface area (Å²) < 4.78 is 0. The molecule has 1 saturated heterocycles. The van der Waals surface area contributed by atoms with Crippen molar-refractivity contribution in [3.05, 3.63) is 0 Å². The lowest BCUT2D eigenvalue weighted by molar-refractivity contribution is 0.126. The summed E-state index contributed by atoms with van der Waals surface area (Å²) in [6.45, 7) is 5.67. The Labute approximate surface area is 86.7 Å². The van der Waals surface area contributed by atoms with Crippen molar-refractivity contribution in [2.75, 3.05) is 46.3 Å². The molecule has 0 saturated carbocycles. The maximum absolute atomic E-state index is 9.34. The van der Waals surface area contributed by atoms with Crippen molar-refractivity contribution in [3.63, 3.8) is 0 Å². The molecule has 1 aliphatic heterocycles. The van der Waals surface area contributed by atoms with Crippen LogP contribution in [0, 0.1) is 0 Å². The van der Waals surface area contributed by atoms with Crippen molar-refractivity contribution in [2.45, 2.75) is 18.9 Å². The predicted molar refractivity (Wildman–Crippen MR) is 58.2 cm³/mol. The van der Waals surface area contributed by atoms with Crippen LogP contribution in [-0.4, -0.2) is 67.3 Å². The van der Waals surface area contributed by atoms with Crippen LogP contribution in [-0.2, 0) is 0 Å². The lowest BCUT2D eigenvalue weighted by Gasteiger charge is -2.22. The van der Waals surface area contributed by atoms with Crippen LogP contribution < -0.4 is 5.73 Å². The van der Waals surface area contributed by atoms with E-state index < -0.39 is 0 Å². The SMILES string of the molecule is CN(CCN1CCCC1)CC(O)CN. The molecule has 0 bridgehead atoms. The number of hydrogen-bond acceptors (Lipinski definition) is 4. The molecule has 3 N–H and O–H groups in total. The molecule has 0 aromatic heterocycles.